The smallest absolute Gasteiger partial charge is 0.220 e. The molecule has 1 unspecified atom stereocenters. The van der Waals surface area contributed by atoms with E-state index in [4.69, 9.17) is 15.7 Å². The van der Waals surface area contributed by atoms with Crippen LogP contribution in [0.5, 0.6) is 5.75 Å². The molecule has 7 nitrogen and oxygen atoms in total. The van der Waals surface area contributed by atoms with E-state index >= 15 is 0 Å². The van der Waals surface area contributed by atoms with Crippen molar-refractivity contribution in [2.45, 2.75) is 25.4 Å². The fourth-order valence-electron chi connectivity index (χ4n) is 2.34. The van der Waals surface area contributed by atoms with E-state index < -0.39 is 0 Å². The first-order valence-corrected chi connectivity index (χ1v) is 6.79. The highest BCUT2D eigenvalue weighted by molar-refractivity contribution is 5.99. The molecule has 1 amide bonds. The second-order valence-electron chi connectivity index (χ2n) is 4.95. The van der Waals surface area contributed by atoms with Gasteiger partial charge in [0, 0.05) is 25.6 Å². The summed E-state index contributed by atoms with van der Waals surface area (Å²) in [6.07, 6.45) is 1.46. The zero-order valence-corrected chi connectivity index (χ0v) is 11.9. The van der Waals surface area contributed by atoms with E-state index in [1.807, 2.05) is 12.1 Å². The molecule has 0 radical (unpaired) electrons. The van der Waals surface area contributed by atoms with Gasteiger partial charge in [0.2, 0.25) is 5.91 Å². The summed E-state index contributed by atoms with van der Waals surface area (Å²) < 4.78 is 5.18. The van der Waals surface area contributed by atoms with E-state index in [1.54, 1.807) is 6.07 Å². The van der Waals surface area contributed by atoms with Crippen LogP contribution < -0.4 is 21.1 Å². The number of carbonyl (C=O) groups excluding carboxylic acids is 1. The molecule has 2 rings (SSSR count). The molecule has 1 aromatic carbocycles. The number of carbonyl (C=O) groups is 1. The first-order chi connectivity index (χ1) is 10.1. The van der Waals surface area contributed by atoms with Crippen molar-refractivity contribution >= 4 is 11.7 Å². The van der Waals surface area contributed by atoms with Crippen LogP contribution in [-0.2, 0) is 11.3 Å². The van der Waals surface area contributed by atoms with Gasteiger partial charge in [-0.3, -0.25) is 4.79 Å². The van der Waals surface area contributed by atoms with Crippen molar-refractivity contribution in [1.82, 2.24) is 10.6 Å². The Morgan fingerprint density at radius 2 is 2.43 bits per heavy atom. The van der Waals surface area contributed by atoms with Crippen molar-refractivity contribution < 1.29 is 14.7 Å². The predicted molar refractivity (Wildman–Crippen MR) is 78.4 cm³/mol. The van der Waals surface area contributed by atoms with E-state index in [1.165, 1.54) is 7.11 Å². The fourth-order valence-corrected chi connectivity index (χ4v) is 2.34. The summed E-state index contributed by atoms with van der Waals surface area (Å²) in [7, 11) is 1.53. The van der Waals surface area contributed by atoms with Gasteiger partial charge in [0.15, 0.2) is 5.84 Å². The standard InChI is InChI=1S/C14H20N4O3/c1-21-12-4-2-9(6-11(12)14(15)18-20)7-16-8-10-3-5-13(19)17-10/h2,4,6,10,16,20H,3,5,7-8H2,1H3,(H2,15,18)(H,17,19). The highest BCUT2D eigenvalue weighted by atomic mass is 16.5. The Kier molecular flexibility index (Phi) is 4.99. The summed E-state index contributed by atoms with van der Waals surface area (Å²) in [5.74, 6) is 0.675. The van der Waals surface area contributed by atoms with Crippen LogP contribution in [0.3, 0.4) is 0 Å². The lowest BCUT2D eigenvalue weighted by Gasteiger charge is -2.13. The minimum Gasteiger partial charge on any atom is -0.496 e. The zero-order chi connectivity index (χ0) is 15.2. The van der Waals surface area contributed by atoms with Gasteiger partial charge in [-0.1, -0.05) is 11.2 Å². The van der Waals surface area contributed by atoms with Crippen molar-refractivity contribution in [1.29, 1.82) is 0 Å². The molecule has 1 aromatic rings. The van der Waals surface area contributed by atoms with Gasteiger partial charge in [0.25, 0.3) is 0 Å². The molecule has 1 aliphatic heterocycles. The highest BCUT2D eigenvalue weighted by Crippen LogP contribution is 2.19. The van der Waals surface area contributed by atoms with Gasteiger partial charge in [-0.2, -0.15) is 0 Å². The molecule has 5 N–H and O–H groups in total. The molecule has 1 aliphatic rings. The first kappa shape index (κ1) is 15.1. The molecule has 7 heteroatoms. The summed E-state index contributed by atoms with van der Waals surface area (Å²) >= 11 is 0. The van der Waals surface area contributed by atoms with Gasteiger partial charge >= 0.3 is 0 Å². The quantitative estimate of drug-likeness (QED) is 0.258. The first-order valence-electron chi connectivity index (χ1n) is 6.79. The number of hydrogen-bond donors (Lipinski definition) is 4. The number of rotatable bonds is 6. The Morgan fingerprint density at radius 3 is 3.05 bits per heavy atom. The van der Waals surface area contributed by atoms with Crippen molar-refractivity contribution in [3.63, 3.8) is 0 Å². The van der Waals surface area contributed by atoms with Crippen molar-refractivity contribution in [2.75, 3.05) is 13.7 Å². The topological polar surface area (TPSA) is 109 Å². The number of benzene rings is 1. The minimum atomic E-state index is 0.0109. The molecule has 0 spiro atoms. The van der Waals surface area contributed by atoms with Gasteiger partial charge < -0.3 is 26.3 Å². The molecule has 1 saturated heterocycles. The largest absolute Gasteiger partial charge is 0.496 e. The van der Waals surface area contributed by atoms with E-state index in [-0.39, 0.29) is 17.8 Å². The van der Waals surface area contributed by atoms with E-state index in [2.05, 4.69) is 15.8 Å². The van der Waals surface area contributed by atoms with E-state index in [0.29, 0.717) is 24.3 Å². The molecule has 0 saturated carbocycles. The van der Waals surface area contributed by atoms with E-state index in [9.17, 15) is 4.79 Å². The van der Waals surface area contributed by atoms with Crippen LogP contribution in [-0.4, -0.2) is 36.6 Å². The maximum absolute atomic E-state index is 11.1. The average molecular weight is 292 g/mol. The normalized spacial score (nSPS) is 18.6. The van der Waals surface area contributed by atoms with Crippen molar-refractivity contribution in [3.8, 4) is 5.75 Å². The Hall–Kier alpha value is -2.28. The number of amidine groups is 1. The number of hydrogen-bond acceptors (Lipinski definition) is 5. The predicted octanol–water partition coefficient (Wildman–Crippen LogP) is 0.158. The third kappa shape index (κ3) is 3.85. The van der Waals surface area contributed by atoms with Crippen LogP contribution >= 0.6 is 0 Å². The van der Waals surface area contributed by atoms with Crippen LogP contribution in [0.15, 0.2) is 23.4 Å². The number of ether oxygens (including phenoxy) is 1. The lowest BCUT2D eigenvalue weighted by molar-refractivity contribution is -0.119. The second kappa shape index (κ2) is 6.94. The number of methoxy groups -OCH3 is 1. The van der Waals surface area contributed by atoms with Crippen LogP contribution in [0.4, 0.5) is 0 Å². The SMILES string of the molecule is COc1ccc(CNCC2CCC(=O)N2)cc1C(N)=NO. The molecule has 1 heterocycles. The third-order valence-electron chi connectivity index (χ3n) is 3.45. The Bertz CT molecular complexity index is 545. The fraction of sp³-hybridized carbons (Fsp3) is 0.429. The van der Waals surface area contributed by atoms with Crippen LogP contribution in [0.1, 0.15) is 24.0 Å². The van der Waals surface area contributed by atoms with Crippen LogP contribution in [0.2, 0.25) is 0 Å². The van der Waals surface area contributed by atoms with Gasteiger partial charge in [-0.15, -0.1) is 0 Å². The van der Waals surface area contributed by atoms with Crippen molar-refractivity contribution in [3.05, 3.63) is 29.3 Å². The number of nitrogens with zero attached hydrogens (tertiary/aromatic N) is 1. The lowest BCUT2D eigenvalue weighted by atomic mass is 10.1. The van der Waals surface area contributed by atoms with Crippen LogP contribution in [0.25, 0.3) is 0 Å². The molecule has 0 aliphatic carbocycles. The van der Waals surface area contributed by atoms with Gasteiger partial charge in [-0.25, -0.2) is 0 Å². The van der Waals surface area contributed by atoms with Gasteiger partial charge in [0.05, 0.1) is 12.7 Å². The van der Waals surface area contributed by atoms with Gasteiger partial charge in [-0.05, 0) is 24.1 Å². The molecule has 0 bridgehead atoms. The maximum Gasteiger partial charge on any atom is 0.220 e. The molecule has 114 valence electrons. The zero-order valence-electron chi connectivity index (χ0n) is 11.9. The number of nitrogens with two attached hydrogens (primary N) is 1. The molecule has 21 heavy (non-hydrogen) atoms. The summed E-state index contributed by atoms with van der Waals surface area (Å²) in [5, 5.41) is 18.0. The monoisotopic (exact) mass is 292 g/mol. The van der Waals surface area contributed by atoms with E-state index in [0.717, 1.165) is 18.5 Å². The molecular formula is C14H20N4O3. The number of nitrogens with one attached hydrogen (secondary N) is 2. The van der Waals surface area contributed by atoms with Crippen molar-refractivity contribution in [2.24, 2.45) is 10.9 Å². The highest BCUT2D eigenvalue weighted by Gasteiger charge is 2.19. The third-order valence-corrected chi connectivity index (χ3v) is 3.45. The summed E-state index contributed by atoms with van der Waals surface area (Å²) in [4.78, 5) is 11.1. The Balaban J connectivity index is 1.95. The maximum atomic E-state index is 11.1. The molecular weight excluding hydrogens is 272 g/mol. The summed E-state index contributed by atoms with van der Waals surface area (Å²) in [6.45, 7) is 1.35. The Morgan fingerprint density at radius 1 is 1.62 bits per heavy atom. The van der Waals surface area contributed by atoms with Crippen LogP contribution in [0, 0.1) is 0 Å². The lowest BCUT2D eigenvalue weighted by Crippen LogP contribution is -2.35. The number of oxime groups is 1. The van der Waals surface area contributed by atoms with Gasteiger partial charge in [0.1, 0.15) is 5.75 Å². The summed E-state index contributed by atoms with van der Waals surface area (Å²) in [6, 6.07) is 5.70. The Labute approximate surface area is 123 Å². The molecule has 1 atom stereocenters. The number of amides is 1. The molecule has 0 aromatic heterocycles. The minimum absolute atomic E-state index is 0.0109. The summed E-state index contributed by atoms with van der Waals surface area (Å²) in [5.41, 5.74) is 7.17. The second-order valence-corrected chi connectivity index (χ2v) is 4.95. The average Bonchev–Trinajstić information content (AvgIpc) is 2.91. The molecule has 1 fully saturated rings.